The van der Waals surface area contributed by atoms with Gasteiger partial charge in [-0.3, -0.25) is 0 Å². The lowest BCUT2D eigenvalue weighted by atomic mass is 10.0. The molecule has 0 bridgehead atoms. The lowest BCUT2D eigenvalue weighted by Gasteiger charge is -2.06. The number of aryl methyl sites for hydroxylation is 8. The van der Waals surface area contributed by atoms with Crippen molar-refractivity contribution in [1.82, 2.24) is 0 Å². The van der Waals surface area contributed by atoms with Crippen LogP contribution in [0.2, 0.25) is 0 Å². The zero-order chi connectivity index (χ0) is 22.8. The Kier molecular flexibility index (Phi) is 14.5. The molecule has 2 nitrogen and oxygen atoms in total. The summed E-state index contributed by atoms with van der Waals surface area (Å²) >= 11 is 0. The smallest absolute Gasteiger partial charge is 0.171 e. The lowest BCUT2D eigenvalue weighted by Crippen LogP contribution is -3.00. The SMILES string of the molecule is Cc1cc(C)c[n+](CCCCCc2cccc(CCCCC[n+]3cc(C)cc(C)c3)c2)c1.[Br-].[Br-]. The van der Waals surface area contributed by atoms with Gasteiger partial charge in [0.05, 0.1) is 0 Å². The number of hydrogen-bond acceptors (Lipinski definition) is 0. The average Bonchev–Trinajstić information content (AvgIpc) is 2.72. The van der Waals surface area contributed by atoms with Crippen LogP contribution in [0.25, 0.3) is 0 Å². The number of pyridine rings is 2. The first-order valence-corrected chi connectivity index (χ1v) is 12.5. The molecule has 2 heterocycles. The average molecular weight is 590 g/mol. The van der Waals surface area contributed by atoms with Gasteiger partial charge in [0.1, 0.15) is 13.1 Å². The van der Waals surface area contributed by atoms with E-state index in [2.05, 4.69) is 98.0 Å². The number of halogens is 2. The monoisotopic (exact) mass is 588 g/mol. The van der Waals surface area contributed by atoms with Gasteiger partial charge >= 0.3 is 0 Å². The van der Waals surface area contributed by atoms with Crippen LogP contribution in [0.5, 0.6) is 0 Å². The number of nitrogens with zero attached hydrogens (tertiary/aromatic N) is 2. The Labute approximate surface area is 229 Å². The molecule has 0 saturated heterocycles. The van der Waals surface area contributed by atoms with Gasteiger partial charge in [-0.2, -0.15) is 0 Å². The Hall–Kier alpha value is -1.52. The van der Waals surface area contributed by atoms with E-state index in [-0.39, 0.29) is 34.0 Å². The quantitative estimate of drug-likeness (QED) is 0.212. The van der Waals surface area contributed by atoms with Crippen LogP contribution < -0.4 is 43.1 Å². The summed E-state index contributed by atoms with van der Waals surface area (Å²) in [4.78, 5) is 0. The van der Waals surface area contributed by atoms with Crippen LogP contribution in [0.15, 0.2) is 61.2 Å². The molecule has 0 atom stereocenters. The van der Waals surface area contributed by atoms with Crippen molar-refractivity contribution in [3.63, 3.8) is 0 Å². The van der Waals surface area contributed by atoms with Crippen molar-refractivity contribution in [3.05, 3.63) is 94.6 Å². The maximum Gasteiger partial charge on any atom is 0.171 e. The first-order chi connectivity index (χ1) is 15.5. The molecule has 4 heteroatoms. The molecule has 0 aliphatic carbocycles. The molecule has 0 aliphatic rings. The summed E-state index contributed by atoms with van der Waals surface area (Å²) in [6, 6.07) is 13.8. The van der Waals surface area contributed by atoms with E-state index in [9.17, 15) is 0 Å². The highest BCUT2D eigenvalue weighted by atomic mass is 79.9. The first kappa shape index (κ1) is 30.5. The van der Waals surface area contributed by atoms with Gasteiger partial charge in [0.15, 0.2) is 24.8 Å². The molecule has 0 saturated carbocycles. The predicted molar refractivity (Wildman–Crippen MR) is 134 cm³/mol. The summed E-state index contributed by atoms with van der Waals surface area (Å²) in [7, 11) is 0. The number of rotatable bonds is 12. The molecule has 1 aromatic carbocycles. The van der Waals surface area contributed by atoms with E-state index in [4.69, 9.17) is 0 Å². The van der Waals surface area contributed by atoms with Crippen LogP contribution in [-0.2, 0) is 25.9 Å². The van der Waals surface area contributed by atoms with Crippen LogP contribution in [0.1, 0.15) is 71.9 Å². The second-order valence-electron chi connectivity index (χ2n) is 9.70. The first-order valence-electron chi connectivity index (χ1n) is 12.5. The van der Waals surface area contributed by atoms with Gasteiger partial charge in [0, 0.05) is 35.1 Å². The van der Waals surface area contributed by atoms with Gasteiger partial charge < -0.3 is 34.0 Å². The van der Waals surface area contributed by atoms with E-state index in [1.165, 1.54) is 84.7 Å². The number of aromatic nitrogens is 2. The standard InChI is InChI=1S/C30H42N2.2BrH/c1-25-18-26(2)22-31(21-25)16-9-5-7-12-29-14-11-15-30(20-29)13-8-6-10-17-32-23-27(3)19-28(4)24-32;;/h11,14-15,18-24H,5-10,12-13,16-17H2,1-4H3;2*1H/q+2;;/p-2. The van der Waals surface area contributed by atoms with Gasteiger partial charge in [0.2, 0.25) is 0 Å². The lowest BCUT2D eigenvalue weighted by molar-refractivity contribution is -0.698. The molecule has 2 aromatic heterocycles. The summed E-state index contributed by atoms with van der Waals surface area (Å²) < 4.78 is 4.70. The van der Waals surface area contributed by atoms with Crippen LogP contribution >= 0.6 is 0 Å². The Morgan fingerprint density at radius 2 is 0.882 bits per heavy atom. The summed E-state index contributed by atoms with van der Waals surface area (Å²) in [5.74, 6) is 0. The minimum Gasteiger partial charge on any atom is -1.00 e. The second-order valence-corrected chi connectivity index (χ2v) is 9.70. The van der Waals surface area contributed by atoms with Crippen molar-refractivity contribution in [2.45, 2.75) is 92.2 Å². The van der Waals surface area contributed by atoms with E-state index in [1.54, 1.807) is 0 Å². The molecule has 0 spiro atoms. The minimum atomic E-state index is 0. The van der Waals surface area contributed by atoms with Crippen molar-refractivity contribution in [2.75, 3.05) is 0 Å². The molecule has 3 aromatic rings. The van der Waals surface area contributed by atoms with Gasteiger partial charge in [-0.1, -0.05) is 24.3 Å². The van der Waals surface area contributed by atoms with Crippen LogP contribution in [-0.4, -0.2) is 0 Å². The molecule has 0 N–H and O–H groups in total. The van der Waals surface area contributed by atoms with Gasteiger partial charge in [-0.05, 0) is 89.5 Å². The Morgan fingerprint density at radius 3 is 1.26 bits per heavy atom. The van der Waals surface area contributed by atoms with Gasteiger partial charge in [0.25, 0.3) is 0 Å². The molecule has 0 aliphatic heterocycles. The van der Waals surface area contributed by atoms with Gasteiger partial charge in [-0.25, -0.2) is 9.13 Å². The summed E-state index contributed by atoms with van der Waals surface area (Å²) in [5.41, 5.74) is 8.42. The number of hydrogen-bond donors (Lipinski definition) is 0. The minimum absolute atomic E-state index is 0. The van der Waals surface area contributed by atoms with Crippen LogP contribution in [0, 0.1) is 27.7 Å². The van der Waals surface area contributed by atoms with E-state index in [0.29, 0.717) is 0 Å². The third-order valence-electron chi connectivity index (χ3n) is 6.14. The van der Waals surface area contributed by atoms with Crippen molar-refractivity contribution in [3.8, 4) is 0 Å². The third kappa shape index (κ3) is 11.3. The van der Waals surface area contributed by atoms with Crippen molar-refractivity contribution in [1.29, 1.82) is 0 Å². The molecule has 186 valence electrons. The molecular formula is C30H42Br2N2. The maximum absolute atomic E-state index is 2.44. The predicted octanol–water partition coefficient (Wildman–Crippen LogP) is 0.329. The molecule has 34 heavy (non-hydrogen) atoms. The molecule has 0 fully saturated rings. The Morgan fingerprint density at radius 1 is 0.500 bits per heavy atom. The highest BCUT2D eigenvalue weighted by Crippen LogP contribution is 2.13. The van der Waals surface area contributed by atoms with Crippen molar-refractivity contribution >= 4 is 0 Å². The third-order valence-corrected chi connectivity index (χ3v) is 6.14. The summed E-state index contributed by atoms with van der Waals surface area (Å²) in [6.07, 6.45) is 19.1. The molecular weight excluding hydrogens is 548 g/mol. The molecule has 0 amide bonds. The maximum atomic E-state index is 2.44. The largest absolute Gasteiger partial charge is 1.00 e. The van der Waals surface area contributed by atoms with E-state index in [0.717, 1.165) is 13.1 Å². The van der Waals surface area contributed by atoms with Crippen LogP contribution in [0.4, 0.5) is 0 Å². The fourth-order valence-electron chi connectivity index (χ4n) is 4.79. The number of benzene rings is 1. The van der Waals surface area contributed by atoms with Crippen molar-refractivity contribution in [2.24, 2.45) is 0 Å². The second kappa shape index (κ2) is 16.2. The highest BCUT2D eigenvalue weighted by Gasteiger charge is 2.05. The normalized spacial score (nSPS) is 10.5. The number of unbranched alkanes of at least 4 members (excludes halogenated alkanes) is 4. The van der Waals surface area contributed by atoms with Crippen LogP contribution in [0.3, 0.4) is 0 Å². The summed E-state index contributed by atoms with van der Waals surface area (Å²) in [6.45, 7) is 11.0. The summed E-state index contributed by atoms with van der Waals surface area (Å²) in [5, 5.41) is 0. The topological polar surface area (TPSA) is 7.76 Å². The Bertz CT molecular complexity index is 884. The molecule has 3 rings (SSSR count). The zero-order valence-corrected chi connectivity index (χ0v) is 24.7. The van der Waals surface area contributed by atoms with E-state index in [1.807, 2.05) is 0 Å². The van der Waals surface area contributed by atoms with E-state index >= 15 is 0 Å². The Balaban J connectivity index is 0.00000289. The fourth-order valence-corrected chi connectivity index (χ4v) is 4.79. The van der Waals surface area contributed by atoms with Crippen molar-refractivity contribution < 1.29 is 43.1 Å². The molecule has 0 unspecified atom stereocenters. The van der Waals surface area contributed by atoms with Gasteiger partial charge in [-0.15, -0.1) is 0 Å². The fraction of sp³-hybridized carbons (Fsp3) is 0.467. The highest BCUT2D eigenvalue weighted by molar-refractivity contribution is 5.23. The molecule has 0 radical (unpaired) electrons. The zero-order valence-electron chi connectivity index (χ0n) is 21.5. The van der Waals surface area contributed by atoms with E-state index < -0.39 is 0 Å².